The predicted octanol–water partition coefficient (Wildman–Crippen LogP) is 9.73. The number of hydrogen-bond acceptors (Lipinski definition) is 15. The van der Waals surface area contributed by atoms with Crippen molar-refractivity contribution in [2.24, 2.45) is 17.2 Å². The number of aryl methyl sites for hydroxylation is 1. The zero-order valence-corrected chi connectivity index (χ0v) is 49.8. The van der Waals surface area contributed by atoms with Crippen molar-refractivity contribution in [2.45, 2.75) is 81.3 Å². The Labute approximate surface area is 507 Å². The smallest absolute Gasteiger partial charge is 0.274 e. The average molecular weight is 1190 g/mol. The van der Waals surface area contributed by atoms with E-state index in [1.807, 2.05) is 135 Å². The van der Waals surface area contributed by atoms with Gasteiger partial charge in [0, 0.05) is 134 Å². The molecule has 86 heavy (non-hydrogen) atoms. The molecular formula is C67H69N11O6S2. The summed E-state index contributed by atoms with van der Waals surface area (Å²) >= 11 is 2.99. The second-order valence-corrected chi connectivity index (χ2v) is 25.4. The lowest BCUT2D eigenvalue weighted by molar-refractivity contribution is 0.0635. The van der Waals surface area contributed by atoms with Crippen molar-refractivity contribution in [2.75, 3.05) is 59.1 Å². The monoisotopic (exact) mass is 1190 g/mol. The number of imidazole rings is 1. The van der Waals surface area contributed by atoms with Crippen LogP contribution in [0.3, 0.4) is 0 Å². The van der Waals surface area contributed by atoms with E-state index in [9.17, 15) is 14.4 Å². The van der Waals surface area contributed by atoms with Crippen LogP contribution < -0.4 is 31.4 Å². The molecule has 0 aliphatic carbocycles. The minimum Gasteiger partial charge on any atom is -0.492 e. The number of pyridine rings is 3. The zero-order valence-electron chi connectivity index (χ0n) is 48.2. The number of benzene rings is 3. The molecule has 6 aliphatic rings. The summed E-state index contributed by atoms with van der Waals surface area (Å²) in [7, 11) is 0. The van der Waals surface area contributed by atoms with E-state index in [-0.39, 0.29) is 34.0 Å². The van der Waals surface area contributed by atoms with Gasteiger partial charge in [-0.05, 0) is 128 Å². The molecule has 0 bridgehead atoms. The minimum absolute atomic E-state index is 0.00101. The highest BCUT2D eigenvalue weighted by molar-refractivity contribution is 7.17. The third-order valence-electron chi connectivity index (χ3n) is 18.3. The average Bonchev–Trinajstić information content (AvgIpc) is 3.88. The Kier molecular flexibility index (Phi) is 15.7. The summed E-state index contributed by atoms with van der Waals surface area (Å²) in [6.45, 7) is 9.99. The van der Waals surface area contributed by atoms with Crippen molar-refractivity contribution in [1.29, 1.82) is 0 Å². The molecule has 6 aromatic heterocycles. The van der Waals surface area contributed by atoms with Gasteiger partial charge in [-0.2, -0.15) is 0 Å². The Bertz CT molecular complexity index is 3790. The van der Waals surface area contributed by atoms with Crippen LogP contribution in [0.25, 0.3) is 26.8 Å². The van der Waals surface area contributed by atoms with Crippen LogP contribution >= 0.6 is 22.7 Å². The van der Waals surface area contributed by atoms with Gasteiger partial charge in [-0.25, -0.2) is 9.97 Å². The van der Waals surface area contributed by atoms with E-state index in [1.54, 1.807) is 18.6 Å². The number of nitrogens with zero attached hydrogens (tertiary/aromatic N) is 8. The van der Waals surface area contributed by atoms with Crippen molar-refractivity contribution in [3.8, 4) is 38.4 Å². The second-order valence-electron chi connectivity index (χ2n) is 23.4. The van der Waals surface area contributed by atoms with Crippen LogP contribution in [0.5, 0.6) is 17.2 Å². The Balaban J connectivity index is 0.000000120. The number of piperidine rings is 3. The Hall–Kier alpha value is -8.33. The number of carbonyl (C=O) groups excluding carboxylic acids is 3. The summed E-state index contributed by atoms with van der Waals surface area (Å²) in [4.78, 5) is 64.2. The number of thiophene rings is 1. The number of hydrogen-bond donors (Lipinski definition) is 3. The molecule has 19 heteroatoms. The van der Waals surface area contributed by atoms with Gasteiger partial charge in [0.2, 0.25) is 0 Å². The normalized spacial score (nSPS) is 17.4. The molecule has 0 atom stereocenters. The van der Waals surface area contributed by atoms with Crippen molar-refractivity contribution >= 4 is 46.0 Å². The molecule has 3 fully saturated rings. The molecule has 9 aromatic rings. The van der Waals surface area contributed by atoms with E-state index in [1.165, 1.54) is 39.4 Å². The van der Waals surface area contributed by atoms with Gasteiger partial charge in [0.25, 0.3) is 17.7 Å². The summed E-state index contributed by atoms with van der Waals surface area (Å²) in [5.41, 5.74) is 29.4. The van der Waals surface area contributed by atoms with Gasteiger partial charge in [0.05, 0.1) is 35.3 Å². The summed E-state index contributed by atoms with van der Waals surface area (Å²) in [5.74, 6) is 3.02. The van der Waals surface area contributed by atoms with Crippen molar-refractivity contribution in [1.82, 2.24) is 39.0 Å². The molecule has 17 nitrogen and oxygen atoms in total. The predicted molar refractivity (Wildman–Crippen MR) is 333 cm³/mol. The fourth-order valence-electron chi connectivity index (χ4n) is 13.0. The van der Waals surface area contributed by atoms with E-state index in [0.29, 0.717) is 77.0 Å². The van der Waals surface area contributed by atoms with Gasteiger partial charge in [0.1, 0.15) is 39.3 Å². The molecule has 3 aromatic carbocycles. The van der Waals surface area contributed by atoms with E-state index in [4.69, 9.17) is 31.4 Å². The van der Waals surface area contributed by atoms with Crippen LogP contribution in [0.15, 0.2) is 146 Å². The first-order valence-corrected chi connectivity index (χ1v) is 31.2. The van der Waals surface area contributed by atoms with Crippen LogP contribution in [-0.2, 0) is 35.9 Å². The van der Waals surface area contributed by atoms with Crippen molar-refractivity contribution in [3.63, 3.8) is 0 Å². The minimum atomic E-state index is -0.0137. The highest BCUT2D eigenvalue weighted by Gasteiger charge is 2.47. The molecule has 6 aliphatic heterocycles. The largest absolute Gasteiger partial charge is 0.492 e. The van der Waals surface area contributed by atoms with Crippen LogP contribution in [0, 0.1) is 6.92 Å². The maximum absolute atomic E-state index is 13.1. The van der Waals surface area contributed by atoms with E-state index < -0.39 is 0 Å². The van der Waals surface area contributed by atoms with Crippen LogP contribution in [0.1, 0.15) is 108 Å². The van der Waals surface area contributed by atoms with Crippen LogP contribution in [0.4, 0.5) is 0 Å². The lowest BCUT2D eigenvalue weighted by atomic mass is 9.74. The number of carbonyl (C=O) groups is 3. The second kappa shape index (κ2) is 23.9. The molecule has 0 unspecified atom stereocenters. The summed E-state index contributed by atoms with van der Waals surface area (Å²) in [5, 5.41) is 2.67. The van der Waals surface area contributed by atoms with Gasteiger partial charge >= 0.3 is 0 Å². The molecule has 6 N–H and O–H groups in total. The number of rotatable bonds is 8. The summed E-state index contributed by atoms with van der Waals surface area (Å²) in [6, 6.07) is 36.3. The lowest BCUT2D eigenvalue weighted by Crippen LogP contribution is -2.46. The number of ether oxygens (including phenoxy) is 3. The Morgan fingerprint density at radius 3 is 1.59 bits per heavy atom. The molecular weight excluding hydrogens is 1120 g/mol. The summed E-state index contributed by atoms with van der Waals surface area (Å²) < 4.78 is 19.8. The topological polar surface area (TPSA) is 223 Å². The fourth-order valence-corrected chi connectivity index (χ4v) is 14.8. The molecule has 3 saturated heterocycles. The first-order valence-electron chi connectivity index (χ1n) is 29.5. The highest BCUT2D eigenvalue weighted by Crippen LogP contribution is 2.49. The third kappa shape index (κ3) is 11.0. The number of likely N-dealkylation sites (tertiary alicyclic amines) is 3. The van der Waals surface area contributed by atoms with E-state index in [0.717, 1.165) is 123 Å². The quantitative estimate of drug-likeness (QED) is 0.129. The number of aromatic nitrogens is 5. The molecule has 15 rings (SSSR count). The molecule has 0 saturated carbocycles. The van der Waals surface area contributed by atoms with Gasteiger partial charge in [0.15, 0.2) is 0 Å². The first-order chi connectivity index (χ1) is 41.9. The Morgan fingerprint density at radius 1 is 0.558 bits per heavy atom. The number of amides is 3. The van der Waals surface area contributed by atoms with Crippen LogP contribution in [0.2, 0.25) is 0 Å². The fraction of sp³-hybridized carbons (Fsp3) is 0.328. The van der Waals surface area contributed by atoms with Crippen molar-refractivity contribution < 1.29 is 28.6 Å². The molecule has 0 radical (unpaired) electrons. The SMILES string of the molecule is Cc1ccc2nc(C(=O)N3CCC4(CC3)COc3ccc(CN)cc34)cn2c1.NCc1ccc2c(c1)C1(CCN(C(=O)c3ccc(-c4ccccn4)s3)CC1)CO2.NCc1ccc2c(c1)C1(CCN(C(=O)c3csc(-c4cccnc4)n3)CC1)CO2. The number of thiazole rings is 1. The summed E-state index contributed by atoms with van der Waals surface area (Å²) in [6.07, 6.45) is 14.5. The molecule has 3 spiro atoms. The van der Waals surface area contributed by atoms with Crippen molar-refractivity contribution in [3.05, 3.63) is 201 Å². The van der Waals surface area contributed by atoms with Gasteiger partial charge in [-0.15, -0.1) is 22.7 Å². The zero-order chi connectivity index (χ0) is 59.0. The number of fused-ring (bicyclic) bond motifs is 7. The molecule has 3 amide bonds. The molecule has 12 heterocycles. The van der Waals surface area contributed by atoms with Crippen LogP contribution in [-0.4, -0.2) is 116 Å². The first kappa shape index (κ1) is 56.8. The van der Waals surface area contributed by atoms with E-state index in [2.05, 4.69) is 38.1 Å². The number of nitrogens with two attached hydrogens (primary N) is 3. The maximum Gasteiger partial charge on any atom is 0.274 e. The van der Waals surface area contributed by atoms with Gasteiger partial charge in [-0.3, -0.25) is 24.4 Å². The molecule has 440 valence electrons. The van der Waals surface area contributed by atoms with Gasteiger partial charge < -0.3 is 50.5 Å². The van der Waals surface area contributed by atoms with E-state index >= 15 is 0 Å². The standard InChI is InChI=1S/C23H23N3O2S.C22H22N4O2S.C22H24N4O2/c24-14-16-4-5-19-17(13-16)23(15-28-19)8-11-26(12-9-23)22(27)21-7-6-20(29-21)18-3-1-2-10-25-18;23-11-15-3-4-19-17(10-15)22(14-28-19)5-8-26(9-6-22)21(27)18-13-29-20(25-18)16-2-1-7-24-12-16;1-15-2-5-20-24-18(13-26(20)12-15)21(27)25-8-6-22(7-9-25)14-28-19-4-3-16(11-23)10-17(19)22/h1-7,10,13H,8-9,11-12,14-15,24H2;1-4,7,10,12-13H,5-6,8-9,11,14,23H2;2-5,10,12-13H,6-9,11,14,23H2,1H3. The Morgan fingerprint density at radius 2 is 1.09 bits per heavy atom. The lowest BCUT2D eigenvalue weighted by Gasteiger charge is -2.38. The van der Waals surface area contributed by atoms with Gasteiger partial charge in [-0.1, -0.05) is 48.5 Å². The third-order valence-corrected chi connectivity index (χ3v) is 20.3. The maximum atomic E-state index is 13.1. The highest BCUT2D eigenvalue weighted by atomic mass is 32.1.